The van der Waals surface area contributed by atoms with Gasteiger partial charge in [-0.2, -0.15) is 0 Å². The van der Waals surface area contributed by atoms with Crippen LogP contribution >= 0.6 is 0 Å². The van der Waals surface area contributed by atoms with E-state index >= 15 is 0 Å². The summed E-state index contributed by atoms with van der Waals surface area (Å²) in [6, 6.07) is 7.72. The van der Waals surface area contributed by atoms with Crippen LogP contribution in [0.3, 0.4) is 0 Å². The van der Waals surface area contributed by atoms with Gasteiger partial charge in [0, 0.05) is 55.3 Å². The zero-order valence-corrected chi connectivity index (χ0v) is 15.0. The van der Waals surface area contributed by atoms with Crippen molar-refractivity contribution in [3.05, 3.63) is 47.3 Å². The summed E-state index contributed by atoms with van der Waals surface area (Å²) < 4.78 is 0. The molecule has 0 unspecified atom stereocenters. The molecule has 3 nitrogen and oxygen atoms in total. The predicted molar refractivity (Wildman–Crippen MR) is 68.6 cm³/mol. The minimum absolute atomic E-state index is 0. The zero-order chi connectivity index (χ0) is 11.7. The van der Waals surface area contributed by atoms with Gasteiger partial charge in [-0.1, -0.05) is 18.2 Å². The molecule has 0 saturated carbocycles. The first kappa shape index (κ1) is 14.2. The Morgan fingerprint density at radius 3 is 2.67 bits per heavy atom. The summed E-state index contributed by atoms with van der Waals surface area (Å²) >= 11 is 0. The number of benzene rings is 1. The molecule has 0 atom stereocenters. The number of allylic oxidation sites excluding steroid dienone is 1. The van der Waals surface area contributed by atoms with Gasteiger partial charge in [0.1, 0.15) is 0 Å². The predicted octanol–water partition coefficient (Wildman–Crippen LogP) is 2.76. The van der Waals surface area contributed by atoms with Gasteiger partial charge in [0.2, 0.25) is 0 Å². The van der Waals surface area contributed by atoms with Crippen molar-refractivity contribution in [1.82, 2.24) is 0 Å². The van der Waals surface area contributed by atoms with E-state index in [0.29, 0.717) is 0 Å². The molecule has 2 heterocycles. The molecule has 1 saturated heterocycles. The Labute approximate surface area is 143 Å². The van der Waals surface area contributed by atoms with E-state index in [1.54, 1.807) is 6.08 Å². The van der Waals surface area contributed by atoms with Gasteiger partial charge in [-0.15, -0.1) is 13.1 Å². The van der Waals surface area contributed by atoms with Crippen LogP contribution in [0.5, 0.6) is 0 Å². The van der Waals surface area contributed by atoms with Crippen LogP contribution in [-0.4, -0.2) is 24.4 Å². The molecule has 1 aromatic carbocycles. The monoisotopic (exact) mass is 454 g/mol. The molecule has 0 bridgehead atoms. The molecule has 0 aromatic heterocycles. The maximum Gasteiger partial charge on any atom is 0.187 e. The largest absolute Gasteiger partial charge is 0.662 e. The van der Waals surface area contributed by atoms with Crippen LogP contribution in [0, 0.1) is 44.1 Å². The van der Waals surface area contributed by atoms with E-state index in [0.717, 1.165) is 37.2 Å². The van der Waals surface area contributed by atoms with Crippen LogP contribution in [0.4, 0.5) is 5.69 Å². The standard InChI is InChI=1S/C14H15N2O.Ac/c17-13-5-6-14(7-9-15-10-8-14)16-12-4-2-1-3-11(12)13;/h1-6,16H,7-10H2;/q-1;. The first-order valence-corrected chi connectivity index (χ1v) is 6.03. The summed E-state index contributed by atoms with van der Waals surface area (Å²) in [5.41, 5.74) is 1.64. The summed E-state index contributed by atoms with van der Waals surface area (Å²) in [6.45, 7) is 1.74. The van der Waals surface area contributed by atoms with Crippen molar-refractivity contribution in [3.63, 3.8) is 0 Å². The third-order valence-electron chi connectivity index (χ3n) is 3.56. The van der Waals surface area contributed by atoms with Gasteiger partial charge in [0.25, 0.3) is 0 Å². The van der Waals surface area contributed by atoms with E-state index in [9.17, 15) is 4.79 Å². The Hall–Kier alpha value is -0.168. The number of para-hydroxylation sites is 1. The summed E-state index contributed by atoms with van der Waals surface area (Å²) in [5, 5.41) is 7.91. The fourth-order valence-corrected chi connectivity index (χ4v) is 2.53. The second-order valence-corrected chi connectivity index (χ2v) is 4.70. The zero-order valence-electron chi connectivity index (χ0n) is 10.2. The Bertz CT molecular complexity index is 478. The van der Waals surface area contributed by atoms with E-state index in [1.165, 1.54) is 0 Å². The van der Waals surface area contributed by atoms with Crippen molar-refractivity contribution in [3.8, 4) is 0 Å². The fourth-order valence-electron chi connectivity index (χ4n) is 2.53. The molecule has 1 spiro atoms. The number of fused-ring (bicyclic) bond motifs is 1. The average molecular weight is 454 g/mol. The van der Waals surface area contributed by atoms with Crippen LogP contribution in [0.1, 0.15) is 23.2 Å². The molecule has 1 radical (unpaired) electrons. The molecule has 3 rings (SSSR count). The van der Waals surface area contributed by atoms with Gasteiger partial charge in [-0.25, -0.2) is 0 Å². The Morgan fingerprint density at radius 1 is 1.17 bits per heavy atom. The van der Waals surface area contributed by atoms with Gasteiger partial charge in [-0.05, 0) is 31.1 Å². The Morgan fingerprint density at radius 2 is 1.89 bits per heavy atom. The van der Waals surface area contributed by atoms with Crippen molar-refractivity contribution < 1.29 is 48.9 Å². The van der Waals surface area contributed by atoms with Gasteiger partial charge in [-0.3, -0.25) is 4.79 Å². The summed E-state index contributed by atoms with van der Waals surface area (Å²) in [6.07, 6.45) is 5.67. The topological polar surface area (TPSA) is 43.2 Å². The number of piperidine rings is 1. The number of carbonyl (C=O) groups excluding carboxylic acids is 1. The summed E-state index contributed by atoms with van der Waals surface area (Å²) in [7, 11) is 0. The number of hydrogen-bond acceptors (Lipinski definition) is 2. The second-order valence-electron chi connectivity index (χ2n) is 4.70. The molecular weight excluding hydrogens is 439 g/mol. The quantitative estimate of drug-likeness (QED) is 0.656. The van der Waals surface area contributed by atoms with Gasteiger partial charge >= 0.3 is 0 Å². The third-order valence-corrected chi connectivity index (χ3v) is 3.56. The first-order chi connectivity index (χ1) is 8.29. The molecular formula is C14H15AcN2O-. The van der Waals surface area contributed by atoms with Gasteiger partial charge < -0.3 is 10.6 Å². The fraction of sp³-hybridized carbons (Fsp3) is 0.357. The van der Waals surface area contributed by atoms with Crippen LogP contribution in [-0.2, 0) is 0 Å². The molecule has 1 fully saturated rings. The Balaban J connectivity index is 0.00000120. The third kappa shape index (κ3) is 2.71. The maximum atomic E-state index is 12.0. The van der Waals surface area contributed by atoms with Crippen LogP contribution in [0.2, 0.25) is 0 Å². The molecule has 2 aliphatic rings. The maximum absolute atomic E-state index is 12.0. The number of nitrogens with one attached hydrogen (secondary N) is 1. The molecule has 91 valence electrons. The van der Waals surface area contributed by atoms with Crippen LogP contribution in [0.15, 0.2) is 36.4 Å². The van der Waals surface area contributed by atoms with E-state index in [1.807, 2.05) is 30.3 Å². The van der Waals surface area contributed by atoms with Gasteiger partial charge in [0.05, 0.1) is 5.54 Å². The molecule has 2 aliphatic heterocycles. The second kappa shape index (κ2) is 5.86. The molecule has 4 heteroatoms. The normalized spacial score (nSPS) is 20.6. The van der Waals surface area contributed by atoms with E-state index in [-0.39, 0.29) is 55.4 Å². The smallest absolute Gasteiger partial charge is 0.187 e. The molecule has 18 heavy (non-hydrogen) atoms. The van der Waals surface area contributed by atoms with Crippen LogP contribution < -0.4 is 5.32 Å². The van der Waals surface area contributed by atoms with Crippen molar-refractivity contribution in [2.24, 2.45) is 0 Å². The number of ketones is 1. The molecule has 0 aliphatic carbocycles. The minimum Gasteiger partial charge on any atom is -0.662 e. The van der Waals surface area contributed by atoms with Crippen molar-refractivity contribution in [2.45, 2.75) is 18.4 Å². The number of carbonyl (C=O) groups is 1. The summed E-state index contributed by atoms with van der Waals surface area (Å²) in [4.78, 5) is 12.0. The number of nitrogens with zero attached hydrogens (tertiary/aromatic N) is 1. The van der Waals surface area contributed by atoms with E-state index in [2.05, 4.69) is 10.6 Å². The average Bonchev–Trinajstić information content (AvgIpc) is 2.50. The van der Waals surface area contributed by atoms with Gasteiger partial charge in [0.15, 0.2) is 5.78 Å². The van der Waals surface area contributed by atoms with E-state index in [4.69, 9.17) is 0 Å². The summed E-state index contributed by atoms with van der Waals surface area (Å²) in [5.74, 6) is 0.0903. The van der Waals surface area contributed by atoms with E-state index < -0.39 is 0 Å². The molecule has 1 aromatic rings. The SMILES string of the molecule is O=C1C=CC2(CC[N-]CC2)Nc2ccccc21.[Ac]. The molecule has 1 N–H and O–H groups in total. The minimum atomic E-state index is -0.0794. The Kier molecular flexibility index (Phi) is 4.64. The van der Waals surface area contributed by atoms with Crippen LogP contribution in [0.25, 0.3) is 5.32 Å². The number of hydrogen-bond donors (Lipinski definition) is 1. The number of rotatable bonds is 0. The van der Waals surface area contributed by atoms with Crippen molar-refractivity contribution in [2.75, 3.05) is 18.4 Å². The van der Waals surface area contributed by atoms with Crippen molar-refractivity contribution >= 4 is 11.5 Å². The molecule has 0 amide bonds. The first-order valence-electron chi connectivity index (χ1n) is 6.03. The number of anilines is 1. The van der Waals surface area contributed by atoms with Crippen molar-refractivity contribution in [1.29, 1.82) is 0 Å².